The van der Waals surface area contributed by atoms with Gasteiger partial charge in [-0.25, -0.2) is 18.7 Å². The molecule has 1 amide bonds. The molecule has 0 unspecified atom stereocenters. The molecule has 5 rings (SSSR count). The average molecular weight is 407 g/mol. The monoisotopic (exact) mass is 407 g/mol. The van der Waals surface area contributed by atoms with E-state index in [9.17, 15) is 13.6 Å². The Kier molecular flexibility index (Phi) is 4.34. The van der Waals surface area contributed by atoms with Gasteiger partial charge in [0.25, 0.3) is 5.91 Å². The van der Waals surface area contributed by atoms with Crippen molar-refractivity contribution < 1.29 is 13.6 Å². The van der Waals surface area contributed by atoms with E-state index in [4.69, 9.17) is 0 Å². The van der Waals surface area contributed by atoms with Crippen molar-refractivity contribution in [2.75, 3.05) is 11.9 Å². The number of aromatic nitrogens is 3. The Morgan fingerprint density at radius 1 is 1.17 bits per heavy atom. The molecule has 30 heavy (non-hydrogen) atoms. The number of nitrogens with zero attached hydrogens (tertiary/aromatic N) is 3. The fraction of sp³-hybridized carbons (Fsp3) is 0.227. The fourth-order valence-corrected chi connectivity index (χ4v) is 3.51. The Morgan fingerprint density at radius 2 is 1.90 bits per heavy atom. The molecule has 0 saturated heterocycles. The minimum Gasteiger partial charge on any atom is -0.367 e. The smallest absolute Gasteiger partial charge is 0.251 e. The molecule has 1 aliphatic rings. The van der Waals surface area contributed by atoms with Crippen LogP contribution in [0.3, 0.4) is 0 Å². The van der Waals surface area contributed by atoms with Crippen LogP contribution in [-0.4, -0.2) is 32.9 Å². The molecule has 1 saturated carbocycles. The van der Waals surface area contributed by atoms with Gasteiger partial charge < -0.3 is 10.6 Å². The summed E-state index contributed by atoms with van der Waals surface area (Å²) in [5.41, 5.74) is 3.31. The van der Waals surface area contributed by atoms with E-state index in [1.54, 1.807) is 22.7 Å². The summed E-state index contributed by atoms with van der Waals surface area (Å²) in [7, 11) is 0. The standard InChI is InChI=1S/C22H19F2N5O/c1-2-25-20-21-26-11-19(29(21)18-10-16(24)15(23)9-17(18)28-20)12-3-5-13(6-4-12)22(30)27-14-7-8-14/h3-6,9-11,14H,2,7-8H2,1H3,(H,25,28)(H,27,30). The Hall–Kier alpha value is -3.55. The van der Waals surface area contributed by atoms with Crippen molar-refractivity contribution in [3.8, 4) is 11.3 Å². The van der Waals surface area contributed by atoms with Gasteiger partial charge >= 0.3 is 0 Å². The van der Waals surface area contributed by atoms with Gasteiger partial charge in [0, 0.05) is 35.8 Å². The third kappa shape index (κ3) is 3.14. The first kappa shape index (κ1) is 18.5. The molecule has 6 nitrogen and oxygen atoms in total. The van der Waals surface area contributed by atoms with Crippen molar-refractivity contribution >= 4 is 28.4 Å². The first-order chi connectivity index (χ1) is 14.5. The van der Waals surface area contributed by atoms with Crippen LogP contribution < -0.4 is 10.6 Å². The van der Waals surface area contributed by atoms with Gasteiger partial charge in [0.1, 0.15) is 0 Å². The van der Waals surface area contributed by atoms with E-state index in [1.165, 1.54) is 0 Å². The first-order valence-electron chi connectivity index (χ1n) is 9.86. The summed E-state index contributed by atoms with van der Waals surface area (Å²) >= 11 is 0. The van der Waals surface area contributed by atoms with E-state index in [1.807, 2.05) is 19.1 Å². The zero-order chi connectivity index (χ0) is 20.8. The largest absolute Gasteiger partial charge is 0.367 e. The van der Waals surface area contributed by atoms with Gasteiger partial charge in [0.05, 0.1) is 22.9 Å². The van der Waals surface area contributed by atoms with Gasteiger partial charge in [-0.1, -0.05) is 12.1 Å². The lowest BCUT2D eigenvalue weighted by Gasteiger charge is -2.11. The number of carbonyl (C=O) groups excluding carboxylic acids is 1. The third-order valence-corrected chi connectivity index (χ3v) is 5.16. The van der Waals surface area contributed by atoms with Crippen molar-refractivity contribution in [3.63, 3.8) is 0 Å². The van der Waals surface area contributed by atoms with Gasteiger partial charge in [-0.2, -0.15) is 0 Å². The summed E-state index contributed by atoms with van der Waals surface area (Å²) in [6.45, 7) is 2.52. The molecule has 2 aromatic heterocycles. The number of hydrogen-bond donors (Lipinski definition) is 2. The SMILES string of the molecule is CCNc1nc2cc(F)c(F)cc2n2c(-c3ccc(C(=O)NC4CC4)cc3)cnc12. The molecular formula is C22H19F2N5O. The Balaban J connectivity index is 1.65. The minimum absolute atomic E-state index is 0.0937. The Labute approximate surface area is 171 Å². The van der Waals surface area contributed by atoms with Crippen molar-refractivity contribution in [2.45, 2.75) is 25.8 Å². The average Bonchev–Trinajstić information content (AvgIpc) is 3.44. The maximum Gasteiger partial charge on any atom is 0.251 e. The number of nitrogens with one attached hydrogen (secondary N) is 2. The number of amides is 1. The lowest BCUT2D eigenvalue weighted by Crippen LogP contribution is -2.25. The molecule has 0 spiro atoms. The number of fused-ring (bicyclic) bond motifs is 3. The van der Waals surface area contributed by atoms with E-state index in [2.05, 4.69) is 20.6 Å². The van der Waals surface area contributed by atoms with Crippen LogP contribution in [0.5, 0.6) is 0 Å². The highest BCUT2D eigenvalue weighted by Crippen LogP contribution is 2.30. The van der Waals surface area contributed by atoms with Crippen molar-refractivity contribution in [3.05, 3.63) is 59.8 Å². The normalized spacial score (nSPS) is 13.7. The molecule has 2 heterocycles. The maximum atomic E-state index is 14.0. The van der Waals surface area contributed by atoms with E-state index >= 15 is 0 Å². The summed E-state index contributed by atoms with van der Waals surface area (Å²) in [6, 6.07) is 9.65. The number of imidazole rings is 1. The van der Waals surface area contributed by atoms with E-state index in [-0.39, 0.29) is 11.9 Å². The van der Waals surface area contributed by atoms with Gasteiger partial charge in [-0.3, -0.25) is 9.20 Å². The van der Waals surface area contributed by atoms with E-state index < -0.39 is 11.6 Å². The molecular weight excluding hydrogens is 388 g/mol. The molecule has 0 aliphatic heterocycles. The van der Waals surface area contributed by atoms with Crippen LogP contribution >= 0.6 is 0 Å². The van der Waals surface area contributed by atoms with E-state index in [0.717, 1.165) is 30.5 Å². The van der Waals surface area contributed by atoms with Crippen molar-refractivity contribution in [2.24, 2.45) is 0 Å². The number of rotatable bonds is 5. The van der Waals surface area contributed by atoms with Crippen LogP contribution in [0, 0.1) is 11.6 Å². The van der Waals surface area contributed by atoms with Gasteiger partial charge in [0.2, 0.25) is 0 Å². The second kappa shape index (κ2) is 7.05. The molecule has 0 atom stereocenters. The van der Waals surface area contributed by atoms with Gasteiger partial charge in [-0.15, -0.1) is 0 Å². The molecule has 1 aliphatic carbocycles. The maximum absolute atomic E-state index is 14.0. The molecule has 0 bridgehead atoms. The van der Waals surface area contributed by atoms with Crippen LogP contribution in [0.25, 0.3) is 27.9 Å². The van der Waals surface area contributed by atoms with Crippen molar-refractivity contribution in [1.82, 2.24) is 19.7 Å². The van der Waals surface area contributed by atoms with Crippen LogP contribution in [-0.2, 0) is 0 Å². The highest BCUT2D eigenvalue weighted by atomic mass is 19.2. The predicted molar refractivity (Wildman–Crippen MR) is 110 cm³/mol. The summed E-state index contributed by atoms with van der Waals surface area (Å²) in [4.78, 5) is 21.1. The number of carbonyl (C=O) groups is 1. The van der Waals surface area contributed by atoms with Crippen molar-refractivity contribution in [1.29, 1.82) is 0 Å². The van der Waals surface area contributed by atoms with Crippen LogP contribution in [0.15, 0.2) is 42.6 Å². The number of halogens is 2. The van der Waals surface area contributed by atoms with Crippen LogP contribution in [0.4, 0.5) is 14.6 Å². The Bertz CT molecular complexity index is 1280. The molecule has 0 radical (unpaired) electrons. The minimum atomic E-state index is -0.954. The molecule has 152 valence electrons. The number of benzene rings is 2. The lowest BCUT2D eigenvalue weighted by molar-refractivity contribution is 0.0951. The zero-order valence-corrected chi connectivity index (χ0v) is 16.2. The van der Waals surface area contributed by atoms with Gasteiger partial charge in [0.15, 0.2) is 23.1 Å². The molecule has 2 aromatic carbocycles. The molecule has 2 N–H and O–H groups in total. The predicted octanol–water partition coefficient (Wildman–Crippen LogP) is 4.15. The summed E-state index contributed by atoms with van der Waals surface area (Å²) in [6.07, 6.45) is 3.72. The molecule has 4 aromatic rings. The fourth-order valence-electron chi connectivity index (χ4n) is 3.51. The zero-order valence-electron chi connectivity index (χ0n) is 16.2. The second-order valence-electron chi connectivity index (χ2n) is 7.37. The third-order valence-electron chi connectivity index (χ3n) is 5.16. The molecule has 8 heteroatoms. The summed E-state index contributed by atoms with van der Waals surface area (Å²) in [5.74, 6) is -1.51. The summed E-state index contributed by atoms with van der Waals surface area (Å²) in [5, 5.41) is 6.09. The first-order valence-corrected chi connectivity index (χ1v) is 9.86. The topological polar surface area (TPSA) is 71.3 Å². The Morgan fingerprint density at radius 3 is 2.60 bits per heavy atom. The number of hydrogen-bond acceptors (Lipinski definition) is 4. The quantitative estimate of drug-likeness (QED) is 0.521. The lowest BCUT2D eigenvalue weighted by atomic mass is 10.1. The van der Waals surface area contributed by atoms with E-state index in [0.29, 0.717) is 40.3 Å². The summed E-state index contributed by atoms with van der Waals surface area (Å²) < 4.78 is 29.6. The number of anilines is 1. The highest BCUT2D eigenvalue weighted by Gasteiger charge is 2.24. The second-order valence-corrected chi connectivity index (χ2v) is 7.37. The van der Waals surface area contributed by atoms with Gasteiger partial charge in [-0.05, 0) is 31.9 Å². The highest BCUT2D eigenvalue weighted by molar-refractivity contribution is 5.95. The van der Waals surface area contributed by atoms with Crippen LogP contribution in [0.2, 0.25) is 0 Å². The molecule has 1 fully saturated rings. The van der Waals surface area contributed by atoms with Crippen LogP contribution in [0.1, 0.15) is 30.1 Å².